The molecule has 0 bridgehead atoms. The fourth-order valence-corrected chi connectivity index (χ4v) is 2.00. The van der Waals surface area contributed by atoms with Crippen LogP contribution in [0.4, 0.5) is 0 Å². The lowest BCUT2D eigenvalue weighted by molar-refractivity contribution is -0.140. The van der Waals surface area contributed by atoms with Crippen molar-refractivity contribution in [1.82, 2.24) is 0 Å². The Labute approximate surface area is 163 Å². The van der Waals surface area contributed by atoms with Gasteiger partial charge in [-0.25, -0.2) is 0 Å². The van der Waals surface area contributed by atoms with Gasteiger partial charge < -0.3 is 14.9 Å². The highest BCUT2D eigenvalue weighted by Gasteiger charge is 1.95. The van der Waals surface area contributed by atoms with Crippen LogP contribution < -0.4 is 0 Å². The van der Waals surface area contributed by atoms with Crippen molar-refractivity contribution in [2.45, 2.75) is 57.7 Å². The molecule has 0 saturated carbocycles. The number of esters is 1. The van der Waals surface area contributed by atoms with Crippen molar-refractivity contribution >= 4 is 5.97 Å². The second kappa shape index (κ2) is 18.6. The van der Waals surface area contributed by atoms with E-state index in [0.717, 1.165) is 12.8 Å². The first-order valence-corrected chi connectivity index (χ1v) is 9.49. The summed E-state index contributed by atoms with van der Waals surface area (Å²) in [4.78, 5) is 10.9. The summed E-state index contributed by atoms with van der Waals surface area (Å²) < 4.78 is 4.56. The van der Waals surface area contributed by atoms with Crippen molar-refractivity contribution in [2.75, 3.05) is 7.11 Å². The maximum absolute atomic E-state index is 10.9. The smallest absolute Gasteiger partial charge is 0.305 e. The average molecular weight is 375 g/mol. The van der Waals surface area contributed by atoms with Gasteiger partial charge in [0, 0.05) is 6.42 Å². The molecule has 0 aliphatic carbocycles. The quantitative estimate of drug-likeness (QED) is 0.265. The monoisotopic (exact) mass is 374 g/mol. The first-order chi connectivity index (χ1) is 13.1. The van der Waals surface area contributed by atoms with E-state index in [2.05, 4.69) is 11.7 Å². The van der Waals surface area contributed by atoms with Gasteiger partial charge >= 0.3 is 5.97 Å². The minimum Gasteiger partial charge on any atom is -0.469 e. The number of methoxy groups -OCH3 is 1. The Hall–Kier alpha value is -2.17. The Morgan fingerprint density at radius 1 is 0.852 bits per heavy atom. The largest absolute Gasteiger partial charge is 0.469 e. The van der Waals surface area contributed by atoms with E-state index in [0.29, 0.717) is 25.7 Å². The molecule has 2 atom stereocenters. The number of allylic oxidation sites excluding steroid dienone is 8. The number of carbonyl (C=O) groups is 1. The van der Waals surface area contributed by atoms with E-state index in [9.17, 15) is 15.0 Å². The van der Waals surface area contributed by atoms with Crippen molar-refractivity contribution in [2.24, 2.45) is 0 Å². The lowest BCUT2D eigenvalue weighted by Crippen LogP contribution is -1.99. The maximum atomic E-state index is 10.9. The molecule has 0 fully saturated rings. The molecule has 0 heterocycles. The van der Waals surface area contributed by atoms with Crippen LogP contribution in [0.5, 0.6) is 0 Å². The van der Waals surface area contributed by atoms with Gasteiger partial charge in [-0.15, -0.1) is 0 Å². The third-order valence-corrected chi connectivity index (χ3v) is 3.51. The molecule has 0 aromatic heterocycles. The minimum absolute atomic E-state index is 0.199. The second-order valence-electron chi connectivity index (χ2n) is 5.93. The van der Waals surface area contributed by atoms with E-state index < -0.39 is 12.2 Å². The predicted molar refractivity (Wildman–Crippen MR) is 112 cm³/mol. The normalized spacial score (nSPS) is 15.3. The molecule has 0 aromatic carbocycles. The number of ether oxygens (including phenoxy) is 1. The Morgan fingerprint density at radius 2 is 1.41 bits per heavy atom. The van der Waals surface area contributed by atoms with Gasteiger partial charge in [0.25, 0.3) is 0 Å². The number of carbonyl (C=O) groups excluding carboxylic acids is 1. The van der Waals surface area contributed by atoms with Crippen molar-refractivity contribution in [1.29, 1.82) is 0 Å². The third kappa shape index (κ3) is 18.4. The SMILES string of the molecule is CC/C=C\C[C@@H](O)\C=C/C=C/C=C/[C@H](O)C/C=C\C/C=C\CCC(=O)OC. The van der Waals surface area contributed by atoms with Gasteiger partial charge in [0.15, 0.2) is 0 Å². The van der Waals surface area contributed by atoms with Crippen molar-refractivity contribution in [3.05, 3.63) is 72.9 Å². The van der Waals surface area contributed by atoms with Gasteiger partial charge in [-0.3, -0.25) is 4.79 Å². The van der Waals surface area contributed by atoms with Crippen LogP contribution in [-0.4, -0.2) is 35.5 Å². The van der Waals surface area contributed by atoms with Crippen molar-refractivity contribution < 1.29 is 19.7 Å². The number of aliphatic hydroxyl groups is 2. The molecule has 0 saturated heterocycles. The Kier molecular flexibility index (Phi) is 17.1. The fourth-order valence-electron chi connectivity index (χ4n) is 2.00. The Balaban J connectivity index is 3.87. The topological polar surface area (TPSA) is 66.8 Å². The van der Waals surface area contributed by atoms with Crippen LogP contribution >= 0.6 is 0 Å². The summed E-state index contributed by atoms with van der Waals surface area (Å²) >= 11 is 0. The first-order valence-electron chi connectivity index (χ1n) is 9.49. The van der Waals surface area contributed by atoms with E-state index in [1.165, 1.54) is 7.11 Å². The van der Waals surface area contributed by atoms with Gasteiger partial charge in [-0.2, -0.15) is 0 Å². The molecule has 27 heavy (non-hydrogen) atoms. The third-order valence-electron chi connectivity index (χ3n) is 3.51. The lowest BCUT2D eigenvalue weighted by atomic mass is 10.2. The maximum Gasteiger partial charge on any atom is 0.305 e. The van der Waals surface area contributed by atoms with E-state index in [-0.39, 0.29) is 5.97 Å². The number of rotatable bonds is 14. The standard InChI is InChI=1S/C23H34O4/c1-3-4-11-16-21(24)18-13-9-10-14-19-22(25)17-12-7-5-6-8-15-20-23(26)27-2/h4,6-14,18-19,21-22,24-25H,3,5,15-17,20H2,1-2H3/b8-6-,10-9+,11-4-,12-7-,18-13-,19-14+/t21-,22-/m1/s1. The van der Waals surface area contributed by atoms with Gasteiger partial charge in [0.05, 0.1) is 19.3 Å². The summed E-state index contributed by atoms with van der Waals surface area (Å²) in [7, 11) is 1.39. The predicted octanol–water partition coefficient (Wildman–Crippen LogP) is 4.58. The fraction of sp³-hybridized carbons (Fsp3) is 0.435. The van der Waals surface area contributed by atoms with E-state index in [1.807, 2.05) is 48.6 Å². The number of aliphatic hydroxyl groups excluding tert-OH is 2. The number of hydrogen-bond acceptors (Lipinski definition) is 4. The Morgan fingerprint density at radius 3 is 1.96 bits per heavy atom. The summed E-state index contributed by atoms with van der Waals surface area (Å²) in [5.41, 5.74) is 0. The van der Waals surface area contributed by atoms with Gasteiger partial charge in [0.1, 0.15) is 0 Å². The molecule has 0 amide bonds. The van der Waals surface area contributed by atoms with Gasteiger partial charge in [-0.05, 0) is 32.1 Å². The average Bonchev–Trinajstić information content (AvgIpc) is 2.66. The molecule has 0 spiro atoms. The van der Waals surface area contributed by atoms with Crippen LogP contribution in [0.1, 0.15) is 45.4 Å². The number of hydrogen-bond donors (Lipinski definition) is 2. The molecule has 0 aliphatic rings. The van der Waals surface area contributed by atoms with Crippen LogP contribution in [0.3, 0.4) is 0 Å². The molecule has 4 nitrogen and oxygen atoms in total. The van der Waals surface area contributed by atoms with E-state index in [4.69, 9.17) is 0 Å². The molecule has 0 unspecified atom stereocenters. The molecule has 2 N–H and O–H groups in total. The van der Waals surface area contributed by atoms with E-state index in [1.54, 1.807) is 24.3 Å². The Bertz CT molecular complexity index is 539. The highest BCUT2D eigenvalue weighted by Crippen LogP contribution is 2.00. The zero-order chi connectivity index (χ0) is 20.2. The molecule has 0 radical (unpaired) electrons. The highest BCUT2D eigenvalue weighted by atomic mass is 16.5. The van der Waals surface area contributed by atoms with Crippen molar-refractivity contribution in [3.63, 3.8) is 0 Å². The van der Waals surface area contributed by atoms with Gasteiger partial charge in [-0.1, -0.05) is 79.8 Å². The van der Waals surface area contributed by atoms with Crippen LogP contribution in [0.15, 0.2) is 72.9 Å². The van der Waals surface area contributed by atoms with E-state index >= 15 is 0 Å². The van der Waals surface area contributed by atoms with Gasteiger partial charge in [0.2, 0.25) is 0 Å². The van der Waals surface area contributed by atoms with Crippen LogP contribution in [0.25, 0.3) is 0 Å². The highest BCUT2D eigenvalue weighted by molar-refractivity contribution is 5.69. The molecular weight excluding hydrogens is 340 g/mol. The molecule has 0 rings (SSSR count). The molecule has 0 aromatic rings. The summed E-state index contributed by atoms with van der Waals surface area (Å²) in [5, 5.41) is 19.5. The lowest BCUT2D eigenvalue weighted by Gasteiger charge is -1.99. The summed E-state index contributed by atoms with van der Waals surface area (Å²) in [5.74, 6) is -0.199. The summed E-state index contributed by atoms with van der Waals surface area (Å²) in [6, 6.07) is 0. The van der Waals surface area contributed by atoms with Crippen LogP contribution in [0, 0.1) is 0 Å². The van der Waals surface area contributed by atoms with Crippen LogP contribution in [-0.2, 0) is 9.53 Å². The summed E-state index contributed by atoms with van der Waals surface area (Å²) in [6.07, 6.45) is 25.6. The molecule has 4 heteroatoms. The van der Waals surface area contributed by atoms with Crippen molar-refractivity contribution in [3.8, 4) is 0 Å². The molecular formula is C23H34O4. The first kappa shape index (κ1) is 24.8. The zero-order valence-corrected chi connectivity index (χ0v) is 16.5. The minimum atomic E-state index is -0.525. The van der Waals surface area contributed by atoms with Crippen LogP contribution in [0.2, 0.25) is 0 Å². The second-order valence-corrected chi connectivity index (χ2v) is 5.93. The molecule has 150 valence electrons. The molecule has 0 aliphatic heterocycles. The summed E-state index contributed by atoms with van der Waals surface area (Å²) in [6.45, 7) is 2.06. The zero-order valence-electron chi connectivity index (χ0n) is 16.5.